The summed E-state index contributed by atoms with van der Waals surface area (Å²) in [5.41, 5.74) is -0.279. The van der Waals surface area contributed by atoms with Gasteiger partial charge >= 0.3 is 0 Å². The van der Waals surface area contributed by atoms with Gasteiger partial charge in [0.05, 0.1) is 5.25 Å². The predicted octanol–water partition coefficient (Wildman–Crippen LogP) is 3.82. The zero-order chi connectivity index (χ0) is 17.8. The number of carbonyl (C=O) groups excluding carboxylic acids is 3. The van der Waals surface area contributed by atoms with E-state index in [2.05, 4.69) is 20.8 Å². The maximum atomic E-state index is 12.3. The highest BCUT2D eigenvalue weighted by atomic mass is 32.2. The van der Waals surface area contributed by atoms with Crippen LogP contribution in [0, 0.1) is 5.41 Å². The van der Waals surface area contributed by atoms with E-state index in [9.17, 15) is 14.4 Å². The molecule has 0 bridgehead atoms. The summed E-state index contributed by atoms with van der Waals surface area (Å²) in [6.45, 7) is 12.5. The minimum atomic E-state index is -0.279. The molecule has 1 fully saturated rings. The first-order valence-corrected chi connectivity index (χ1v) is 9.35. The molecule has 0 spiro atoms. The Labute approximate surface area is 144 Å². The van der Waals surface area contributed by atoms with Gasteiger partial charge in [0.1, 0.15) is 5.78 Å². The van der Waals surface area contributed by atoms with Crippen LogP contribution in [0.1, 0.15) is 73.6 Å². The van der Waals surface area contributed by atoms with E-state index < -0.39 is 0 Å². The van der Waals surface area contributed by atoms with Crippen molar-refractivity contribution in [3.63, 3.8) is 0 Å². The van der Waals surface area contributed by atoms with Crippen molar-refractivity contribution in [3.8, 4) is 0 Å². The van der Waals surface area contributed by atoms with E-state index in [1.165, 1.54) is 4.90 Å². The van der Waals surface area contributed by atoms with Gasteiger partial charge in [0.2, 0.25) is 11.8 Å². The van der Waals surface area contributed by atoms with Crippen molar-refractivity contribution >= 4 is 29.4 Å². The Morgan fingerprint density at radius 3 is 2.22 bits per heavy atom. The number of hydrogen-bond acceptors (Lipinski definition) is 4. The van der Waals surface area contributed by atoms with E-state index in [0.717, 1.165) is 19.3 Å². The molecule has 23 heavy (non-hydrogen) atoms. The van der Waals surface area contributed by atoms with Gasteiger partial charge in [-0.25, -0.2) is 0 Å². The van der Waals surface area contributed by atoms with Crippen molar-refractivity contribution in [3.05, 3.63) is 0 Å². The molecule has 1 heterocycles. The summed E-state index contributed by atoms with van der Waals surface area (Å²) < 4.78 is -0.0239. The molecule has 0 aromatic rings. The SMILES string of the molecule is CC(C)(C)SC1CC(=O)N(CCCCCC(=O)C(C)(C)C)C1=O. The third-order valence-corrected chi connectivity index (χ3v) is 5.18. The van der Waals surface area contributed by atoms with Gasteiger partial charge in [0.15, 0.2) is 0 Å². The summed E-state index contributed by atoms with van der Waals surface area (Å²) in [7, 11) is 0. The highest BCUT2D eigenvalue weighted by molar-refractivity contribution is 8.01. The van der Waals surface area contributed by atoms with E-state index in [-0.39, 0.29) is 33.0 Å². The molecule has 1 rings (SSSR count). The molecule has 5 heteroatoms. The molecule has 0 aliphatic carbocycles. The van der Waals surface area contributed by atoms with E-state index in [1.807, 2.05) is 20.8 Å². The van der Waals surface area contributed by atoms with Gasteiger partial charge in [-0.1, -0.05) is 48.0 Å². The third kappa shape index (κ3) is 6.66. The highest BCUT2D eigenvalue weighted by Crippen LogP contribution is 2.34. The molecule has 2 amide bonds. The van der Waals surface area contributed by atoms with E-state index in [4.69, 9.17) is 0 Å². The first kappa shape index (κ1) is 20.2. The average Bonchev–Trinajstić information content (AvgIpc) is 2.62. The molecule has 0 radical (unpaired) electrons. The quantitative estimate of drug-likeness (QED) is 0.522. The summed E-state index contributed by atoms with van der Waals surface area (Å²) in [4.78, 5) is 37.6. The second-order valence-corrected chi connectivity index (χ2v) is 10.3. The average molecular weight is 342 g/mol. The van der Waals surface area contributed by atoms with Crippen molar-refractivity contribution in [1.82, 2.24) is 4.90 Å². The Morgan fingerprint density at radius 1 is 1.09 bits per heavy atom. The van der Waals surface area contributed by atoms with Gasteiger partial charge < -0.3 is 0 Å². The number of hydrogen-bond donors (Lipinski definition) is 0. The monoisotopic (exact) mass is 341 g/mol. The summed E-state index contributed by atoms with van der Waals surface area (Å²) in [6.07, 6.45) is 3.38. The molecule has 1 atom stereocenters. The van der Waals surface area contributed by atoms with Gasteiger partial charge in [0, 0.05) is 29.5 Å². The van der Waals surface area contributed by atoms with Crippen LogP contribution in [0.5, 0.6) is 0 Å². The number of carbonyl (C=O) groups is 3. The molecular weight excluding hydrogens is 310 g/mol. The fourth-order valence-electron chi connectivity index (χ4n) is 2.51. The molecule has 1 saturated heterocycles. The maximum absolute atomic E-state index is 12.3. The Bertz CT molecular complexity index is 460. The number of ketones is 1. The molecule has 0 saturated carbocycles. The number of Topliss-reactive ketones (excluding diaryl/α,β-unsaturated/α-hetero) is 1. The first-order chi connectivity index (χ1) is 10.4. The summed E-state index contributed by atoms with van der Waals surface area (Å²) in [6, 6.07) is 0. The van der Waals surface area contributed by atoms with Crippen molar-refractivity contribution < 1.29 is 14.4 Å². The fourth-order valence-corrected chi connectivity index (χ4v) is 3.82. The Balaban J connectivity index is 2.34. The number of unbranched alkanes of at least 4 members (excludes halogenated alkanes) is 2. The second kappa shape index (κ2) is 7.82. The van der Waals surface area contributed by atoms with Crippen molar-refractivity contribution in [2.24, 2.45) is 5.41 Å². The van der Waals surface area contributed by atoms with Gasteiger partial charge in [-0.3, -0.25) is 19.3 Å². The largest absolute Gasteiger partial charge is 0.299 e. The van der Waals surface area contributed by atoms with Gasteiger partial charge in [-0.15, -0.1) is 11.8 Å². The standard InChI is InChI=1S/C18H31NO3S/c1-17(2,3)14(20)10-8-7-9-11-19-15(21)12-13(16(19)22)23-18(4,5)6/h13H,7-12H2,1-6H3. The van der Waals surface area contributed by atoms with Crippen LogP contribution in [-0.2, 0) is 14.4 Å². The molecule has 132 valence electrons. The topological polar surface area (TPSA) is 54.5 Å². The lowest BCUT2D eigenvalue weighted by Crippen LogP contribution is -2.33. The molecule has 0 aromatic heterocycles. The van der Waals surface area contributed by atoms with Crippen LogP contribution in [0.25, 0.3) is 0 Å². The van der Waals surface area contributed by atoms with Crippen LogP contribution in [0.4, 0.5) is 0 Å². The zero-order valence-corrected chi connectivity index (χ0v) is 16.2. The van der Waals surface area contributed by atoms with E-state index in [1.54, 1.807) is 11.8 Å². The van der Waals surface area contributed by atoms with Gasteiger partial charge in [-0.05, 0) is 12.8 Å². The predicted molar refractivity (Wildman–Crippen MR) is 95.4 cm³/mol. The third-order valence-electron chi connectivity index (χ3n) is 3.82. The molecular formula is C18H31NO3S. The molecule has 1 aliphatic rings. The Morgan fingerprint density at radius 2 is 1.70 bits per heavy atom. The summed E-state index contributed by atoms with van der Waals surface area (Å²) in [5.74, 6) is 0.177. The molecule has 1 aliphatic heterocycles. The zero-order valence-electron chi connectivity index (χ0n) is 15.4. The molecule has 1 unspecified atom stereocenters. The minimum absolute atomic E-state index is 0.0239. The van der Waals surface area contributed by atoms with Crippen LogP contribution >= 0.6 is 11.8 Å². The van der Waals surface area contributed by atoms with E-state index >= 15 is 0 Å². The Hall–Kier alpha value is -0.840. The smallest absolute Gasteiger partial charge is 0.242 e. The lowest BCUT2D eigenvalue weighted by molar-refractivity contribution is -0.138. The minimum Gasteiger partial charge on any atom is -0.299 e. The lowest BCUT2D eigenvalue weighted by Gasteiger charge is -2.21. The molecule has 4 nitrogen and oxygen atoms in total. The number of likely N-dealkylation sites (tertiary alicyclic amines) is 1. The number of thioether (sulfide) groups is 1. The van der Waals surface area contributed by atoms with Crippen molar-refractivity contribution in [2.45, 2.75) is 83.6 Å². The number of imide groups is 1. The summed E-state index contributed by atoms with van der Waals surface area (Å²) in [5, 5.41) is -0.232. The van der Waals surface area contributed by atoms with Crippen LogP contribution < -0.4 is 0 Å². The van der Waals surface area contributed by atoms with Crippen molar-refractivity contribution in [1.29, 1.82) is 0 Å². The highest BCUT2D eigenvalue weighted by Gasteiger charge is 2.40. The first-order valence-electron chi connectivity index (χ1n) is 8.47. The number of rotatable bonds is 7. The number of nitrogens with zero attached hydrogens (tertiary/aromatic N) is 1. The lowest BCUT2D eigenvalue weighted by atomic mass is 9.88. The summed E-state index contributed by atoms with van der Waals surface area (Å²) >= 11 is 1.57. The van der Waals surface area contributed by atoms with Gasteiger partial charge in [0.25, 0.3) is 0 Å². The van der Waals surface area contributed by atoms with Gasteiger partial charge in [-0.2, -0.15) is 0 Å². The van der Waals surface area contributed by atoms with Crippen LogP contribution in [-0.4, -0.2) is 39.0 Å². The Kier molecular flexibility index (Phi) is 6.87. The maximum Gasteiger partial charge on any atom is 0.242 e. The van der Waals surface area contributed by atoms with Crippen LogP contribution in [0.2, 0.25) is 0 Å². The molecule has 0 aromatic carbocycles. The fraction of sp³-hybridized carbons (Fsp3) is 0.833. The normalized spacial score (nSPS) is 19.6. The van der Waals surface area contributed by atoms with E-state index in [0.29, 0.717) is 19.4 Å². The van der Waals surface area contributed by atoms with Crippen LogP contribution in [0.3, 0.4) is 0 Å². The molecule has 0 N–H and O–H groups in total. The second-order valence-electron chi connectivity index (χ2n) is 8.29. The number of amides is 2. The van der Waals surface area contributed by atoms with Crippen molar-refractivity contribution in [2.75, 3.05) is 6.54 Å². The van der Waals surface area contributed by atoms with Crippen LogP contribution in [0.15, 0.2) is 0 Å².